The SMILES string of the molecule is Cc1ncn(C)c1C(=O)NCC1CN(CC2CCN(CC3CC3)CC2)C(=O)CO1. The Labute approximate surface area is 172 Å². The summed E-state index contributed by atoms with van der Waals surface area (Å²) < 4.78 is 7.39. The third-order valence-electron chi connectivity index (χ3n) is 6.44. The quantitative estimate of drug-likeness (QED) is 0.729. The van der Waals surface area contributed by atoms with Gasteiger partial charge in [-0.15, -0.1) is 0 Å². The zero-order chi connectivity index (χ0) is 20.4. The Hall–Kier alpha value is -1.93. The van der Waals surface area contributed by atoms with E-state index >= 15 is 0 Å². The molecule has 3 fully saturated rings. The van der Waals surface area contributed by atoms with Crippen molar-refractivity contribution in [3.05, 3.63) is 17.7 Å². The second-order valence-corrected chi connectivity index (χ2v) is 8.92. The van der Waals surface area contributed by atoms with E-state index in [9.17, 15) is 9.59 Å². The van der Waals surface area contributed by atoms with Crippen molar-refractivity contribution in [2.75, 3.05) is 45.9 Å². The molecule has 1 aromatic heterocycles. The van der Waals surface area contributed by atoms with E-state index in [1.54, 1.807) is 10.9 Å². The number of morpholine rings is 1. The third kappa shape index (κ3) is 5.17. The highest BCUT2D eigenvalue weighted by molar-refractivity contribution is 5.93. The molecule has 1 N–H and O–H groups in total. The summed E-state index contributed by atoms with van der Waals surface area (Å²) in [7, 11) is 1.81. The van der Waals surface area contributed by atoms with Gasteiger partial charge < -0.3 is 24.4 Å². The number of hydrogen-bond donors (Lipinski definition) is 1. The summed E-state index contributed by atoms with van der Waals surface area (Å²) in [5.74, 6) is 1.42. The number of amides is 2. The molecule has 1 aliphatic carbocycles. The van der Waals surface area contributed by atoms with Gasteiger partial charge in [0.25, 0.3) is 5.91 Å². The smallest absolute Gasteiger partial charge is 0.269 e. The van der Waals surface area contributed by atoms with Crippen LogP contribution >= 0.6 is 0 Å². The van der Waals surface area contributed by atoms with E-state index in [0.29, 0.717) is 30.4 Å². The van der Waals surface area contributed by atoms with E-state index in [1.807, 2.05) is 18.9 Å². The van der Waals surface area contributed by atoms with E-state index in [-0.39, 0.29) is 24.5 Å². The van der Waals surface area contributed by atoms with Crippen LogP contribution in [0.3, 0.4) is 0 Å². The Morgan fingerprint density at radius 3 is 2.59 bits per heavy atom. The van der Waals surface area contributed by atoms with Gasteiger partial charge in [0.1, 0.15) is 12.3 Å². The van der Waals surface area contributed by atoms with Gasteiger partial charge in [-0.2, -0.15) is 0 Å². The van der Waals surface area contributed by atoms with Gasteiger partial charge in [0.05, 0.1) is 18.1 Å². The van der Waals surface area contributed by atoms with Crippen LogP contribution in [-0.2, 0) is 16.6 Å². The second-order valence-electron chi connectivity index (χ2n) is 8.92. The van der Waals surface area contributed by atoms with Crippen LogP contribution in [0, 0.1) is 18.8 Å². The van der Waals surface area contributed by atoms with Gasteiger partial charge >= 0.3 is 0 Å². The molecule has 3 aliphatic rings. The molecular formula is C21H33N5O3. The zero-order valence-electron chi connectivity index (χ0n) is 17.6. The maximum absolute atomic E-state index is 12.5. The summed E-state index contributed by atoms with van der Waals surface area (Å²) in [6, 6.07) is 0. The van der Waals surface area contributed by atoms with Crippen molar-refractivity contribution in [1.82, 2.24) is 24.7 Å². The Kier molecular flexibility index (Phi) is 6.20. The van der Waals surface area contributed by atoms with Crippen LogP contribution in [0.4, 0.5) is 0 Å². The average molecular weight is 404 g/mol. The number of aryl methyl sites for hydroxylation is 2. The molecule has 8 heteroatoms. The maximum Gasteiger partial charge on any atom is 0.269 e. The molecule has 2 saturated heterocycles. The standard InChI is InChI=1S/C21H33N5O3/c1-15-20(24(2)14-23-15)21(28)22-9-18-12-26(19(27)13-29-18)11-17-5-7-25(8-6-17)10-16-3-4-16/h14,16-18H,3-13H2,1-2H3,(H,22,28). The van der Waals surface area contributed by atoms with Gasteiger partial charge in [-0.1, -0.05) is 0 Å². The number of rotatable bonds is 7. The first kappa shape index (κ1) is 20.3. The molecule has 4 rings (SSSR count). The maximum atomic E-state index is 12.5. The number of likely N-dealkylation sites (tertiary alicyclic amines) is 1. The first-order valence-corrected chi connectivity index (χ1v) is 10.9. The molecule has 3 heterocycles. The largest absolute Gasteiger partial charge is 0.365 e. The normalized spacial score (nSPS) is 24.1. The lowest BCUT2D eigenvalue weighted by Gasteiger charge is -2.38. The molecule has 1 saturated carbocycles. The molecule has 1 aromatic rings. The van der Waals surface area contributed by atoms with Crippen molar-refractivity contribution in [2.24, 2.45) is 18.9 Å². The Morgan fingerprint density at radius 2 is 1.93 bits per heavy atom. The molecule has 0 aromatic carbocycles. The molecule has 2 amide bonds. The molecule has 160 valence electrons. The van der Waals surface area contributed by atoms with Crippen molar-refractivity contribution in [3.8, 4) is 0 Å². The monoisotopic (exact) mass is 403 g/mol. The van der Waals surface area contributed by atoms with Gasteiger partial charge in [0.15, 0.2) is 0 Å². The van der Waals surface area contributed by atoms with Crippen molar-refractivity contribution in [1.29, 1.82) is 0 Å². The summed E-state index contributed by atoms with van der Waals surface area (Å²) in [6.07, 6.45) is 6.61. The van der Waals surface area contributed by atoms with Gasteiger partial charge in [-0.3, -0.25) is 9.59 Å². The van der Waals surface area contributed by atoms with Crippen LogP contribution in [0.1, 0.15) is 41.9 Å². The van der Waals surface area contributed by atoms with E-state index in [4.69, 9.17) is 4.74 Å². The average Bonchev–Trinajstić information content (AvgIpc) is 3.46. The fourth-order valence-corrected chi connectivity index (χ4v) is 4.47. The third-order valence-corrected chi connectivity index (χ3v) is 6.44. The number of piperidine rings is 1. The van der Waals surface area contributed by atoms with Crippen molar-refractivity contribution >= 4 is 11.8 Å². The number of ether oxygens (including phenoxy) is 1. The molecular weight excluding hydrogens is 370 g/mol. The second kappa shape index (κ2) is 8.83. The number of carbonyl (C=O) groups is 2. The van der Waals surface area contributed by atoms with E-state index in [0.717, 1.165) is 25.6 Å². The van der Waals surface area contributed by atoms with Gasteiger partial charge in [0, 0.05) is 33.2 Å². The fraction of sp³-hybridized carbons (Fsp3) is 0.762. The summed E-state index contributed by atoms with van der Waals surface area (Å²) >= 11 is 0. The predicted octanol–water partition coefficient (Wildman–Crippen LogP) is 0.808. The first-order chi connectivity index (χ1) is 14.0. The predicted molar refractivity (Wildman–Crippen MR) is 108 cm³/mol. The Morgan fingerprint density at radius 1 is 1.21 bits per heavy atom. The zero-order valence-corrected chi connectivity index (χ0v) is 17.6. The number of aromatic nitrogens is 2. The summed E-state index contributed by atoms with van der Waals surface area (Å²) in [4.78, 5) is 33.5. The lowest BCUT2D eigenvalue weighted by Crippen LogP contribution is -2.52. The van der Waals surface area contributed by atoms with Crippen LogP contribution in [-0.4, -0.2) is 83.1 Å². The lowest BCUT2D eigenvalue weighted by atomic mass is 9.95. The Bertz CT molecular complexity index is 717. The topological polar surface area (TPSA) is 79.7 Å². The number of nitrogens with zero attached hydrogens (tertiary/aromatic N) is 4. The van der Waals surface area contributed by atoms with Crippen molar-refractivity contribution in [3.63, 3.8) is 0 Å². The molecule has 0 spiro atoms. The van der Waals surface area contributed by atoms with Crippen molar-refractivity contribution < 1.29 is 14.3 Å². The number of nitrogens with one attached hydrogen (secondary N) is 1. The molecule has 8 nitrogen and oxygen atoms in total. The van der Waals surface area contributed by atoms with E-state index in [1.165, 1.54) is 32.2 Å². The molecule has 2 aliphatic heterocycles. The molecule has 1 unspecified atom stereocenters. The van der Waals surface area contributed by atoms with Crippen LogP contribution in [0.5, 0.6) is 0 Å². The minimum atomic E-state index is -0.167. The van der Waals surface area contributed by atoms with Crippen LogP contribution < -0.4 is 5.32 Å². The Balaban J connectivity index is 1.23. The van der Waals surface area contributed by atoms with Gasteiger partial charge in [-0.25, -0.2) is 4.98 Å². The van der Waals surface area contributed by atoms with E-state index < -0.39 is 0 Å². The summed E-state index contributed by atoms with van der Waals surface area (Å²) in [5, 5.41) is 2.94. The van der Waals surface area contributed by atoms with E-state index in [2.05, 4.69) is 15.2 Å². The van der Waals surface area contributed by atoms with Crippen molar-refractivity contribution in [2.45, 2.75) is 38.7 Å². The molecule has 0 radical (unpaired) electrons. The van der Waals surface area contributed by atoms with Gasteiger partial charge in [-0.05, 0) is 57.5 Å². The minimum Gasteiger partial charge on any atom is -0.365 e. The van der Waals surface area contributed by atoms with Crippen LogP contribution in [0.25, 0.3) is 0 Å². The molecule has 29 heavy (non-hydrogen) atoms. The fourth-order valence-electron chi connectivity index (χ4n) is 4.47. The molecule has 1 atom stereocenters. The summed E-state index contributed by atoms with van der Waals surface area (Å²) in [5.41, 5.74) is 1.27. The number of carbonyl (C=O) groups excluding carboxylic acids is 2. The number of hydrogen-bond acceptors (Lipinski definition) is 5. The number of imidazole rings is 1. The molecule has 0 bridgehead atoms. The first-order valence-electron chi connectivity index (χ1n) is 10.9. The van der Waals surface area contributed by atoms with Crippen LogP contribution in [0.15, 0.2) is 6.33 Å². The van der Waals surface area contributed by atoms with Crippen LogP contribution in [0.2, 0.25) is 0 Å². The minimum absolute atomic E-state index is 0.0652. The van der Waals surface area contributed by atoms with Gasteiger partial charge in [0.2, 0.25) is 5.91 Å². The highest BCUT2D eigenvalue weighted by atomic mass is 16.5. The summed E-state index contributed by atoms with van der Waals surface area (Å²) in [6.45, 7) is 7.26. The lowest BCUT2D eigenvalue weighted by molar-refractivity contribution is -0.149. The highest BCUT2D eigenvalue weighted by Gasteiger charge is 2.31. The highest BCUT2D eigenvalue weighted by Crippen LogP contribution is 2.31.